The first-order chi connectivity index (χ1) is 18.5. The Kier molecular flexibility index (Phi) is 10.3. The molecule has 0 aliphatic carbocycles. The van der Waals surface area contributed by atoms with E-state index in [9.17, 15) is 18.0 Å². The van der Waals surface area contributed by atoms with Gasteiger partial charge in [0.25, 0.3) is 10.0 Å². The Balaban J connectivity index is 2.00. The predicted molar refractivity (Wildman–Crippen MR) is 156 cm³/mol. The Morgan fingerprint density at radius 1 is 0.846 bits per heavy atom. The number of carbonyl (C=O) groups excluding carboxylic acids is 2. The van der Waals surface area contributed by atoms with Crippen molar-refractivity contribution >= 4 is 27.5 Å². The molecule has 39 heavy (non-hydrogen) atoms. The number of hydrogen-bond donors (Lipinski definition) is 1. The predicted octanol–water partition coefficient (Wildman–Crippen LogP) is 4.87. The van der Waals surface area contributed by atoms with Crippen LogP contribution < -0.4 is 9.62 Å². The van der Waals surface area contributed by atoms with E-state index in [1.807, 2.05) is 77.1 Å². The lowest BCUT2D eigenvalue weighted by Crippen LogP contribution is -2.54. The van der Waals surface area contributed by atoms with E-state index >= 15 is 0 Å². The Bertz CT molecular complexity index is 1340. The average Bonchev–Trinajstić information content (AvgIpc) is 2.90. The highest BCUT2D eigenvalue weighted by Gasteiger charge is 2.33. The van der Waals surface area contributed by atoms with E-state index in [1.54, 1.807) is 36.4 Å². The van der Waals surface area contributed by atoms with Crippen molar-refractivity contribution in [1.29, 1.82) is 0 Å². The van der Waals surface area contributed by atoms with Gasteiger partial charge in [0.1, 0.15) is 12.6 Å². The molecule has 0 fully saturated rings. The van der Waals surface area contributed by atoms with Crippen molar-refractivity contribution in [3.05, 3.63) is 95.6 Å². The van der Waals surface area contributed by atoms with Crippen molar-refractivity contribution in [2.24, 2.45) is 0 Å². The standard InChI is InChI=1S/C31H39N3O4S/c1-6-29(31(36)32-23(2)3)33(21-20-26-10-8-7-9-11-26)30(35)22-34(27-16-12-24(4)13-17-27)39(37,38)28-18-14-25(5)15-19-28/h7-19,23,29H,6,20-22H2,1-5H3,(H,32,36)/t29-/m0/s1. The summed E-state index contributed by atoms with van der Waals surface area (Å²) in [6.07, 6.45) is 0.932. The monoisotopic (exact) mass is 549 g/mol. The van der Waals surface area contributed by atoms with Gasteiger partial charge in [-0.25, -0.2) is 8.42 Å². The van der Waals surface area contributed by atoms with Gasteiger partial charge in [0.2, 0.25) is 11.8 Å². The van der Waals surface area contributed by atoms with Crippen molar-refractivity contribution < 1.29 is 18.0 Å². The van der Waals surface area contributed by atoms with Crippen LogP contribution >= 0.6 is 0 Å². The zero-order valence-corrected chi connectivity index (χ0v) is 24.2. The van der Waals surface area contributed by atoms with E-state index in [4.69, 9.17) is 0 Å². The summed E-state index contributed by atoms with van der Waals surface area (Å²) in [7, 11) is -4.07. The number of amides is 2. The second-order valence-electron chi connectivity index (χ2n) is 10.1. The Labute approximate surface area is 232 Å². The summed E-state index contributed by atoms with van der Waals surface area (Å²) in [5.41, 5.74) is 3.31. The minimum atomic E-state index is -4.07. The first kappa shape index (κ1) is 29.9. The van der Waals surface area contributed by atoms with Gasteiger partial charge in [-0.1, -0.05) is 72.6 Å². The van der Waals surface area contributed by atoms with Gasteiger partial charge in [0, 0.05) is 12.6 Å². The van der Waals surface area contributed by atoms with Crippen molar-refractivity contribution in [2.45, 2.75) is 64.4 Å². The second-order valence-corrected chi connectivity index (χ2v) is 11.9. The summed E-state index contributed by atoms with van der Waals surface area (Å²) in [6.45, 7) is 9.24. The maximum absolute atomic E-state index is 14.0. The van der Waals surface area contributed by atoms with Gasteiger partial charge in [-0.15, -0.1) is 0 Å². The number of sulfonamides is 1. The van der Waals surface area contributed by atoms with Crippen LogP contribution in [-0.4, -0.2) is 50.3 Å². The molecular weight excluding hydrogens is 510 g/mol. The maximum Gasteiger partial charge on any atom is 0.264 e. The summed E-state index contributed by atoms with van der Waals surface area (Å²) in [4.78, 5) is 28.7. The van der Waals surface area contributed by atoms with Crippen LogP contribution in [0.1, 0.15) is 43.9 Å². The van der Waals surface area contributed by atoms with Crippen LogP contribution in [0.2, 0.25) is 0 Å². The summed E-state index contributed by atoms with van der Waals surface area (Å²) >= 11 is 0. The molecule has 0 heterocycles. The van der Waals surface area contributed by atoms with E-state index < -0.39 is 28.5 Å². The van der Waals surface area contributed by atoms with Crippen LogP contribution in [-0.2, 0) is 26.0 Å². The van der Waals surface area contributed by atoms with Gasteiger partial charge in [-0.05, 0) is 70.4 Å². The topological polar surface area (TPSA) is 86.8 Å². The molecule has 3 aromatic carbocycles. The molecule has 3 rings (SSSR count). The minimum Gasteiger partial charge on any atom is -0.352 e. The zero-order chi connectivity index (χ0) is 28.6. The van der Waals surface area contributed by atoms with Crippen LogP contribution in [0.5, 0.6) is 0 Å². The summed E-state index contributed by atoms with van der Waals surface area (Å²) in [6, 6.07) is 22.5. The summed E-state index contributed by atoms with van der Waals surface area (Å²) < 4.78 is 28.9. The third-order valence-corrected chi connectivity index (χ3v) is 8.30. The minimum absolute atomic E-state index is 0.0939. The molecule has 0 aromatic heterocycles. The van der Waals surface area contributed by atoms with E-state index in [0.717, 1.165) is 21.0 Å². The lowest BCUT2D eigenvalue weighted by Gasteiger charge is -2.33. The molecule has 3 aromatic rings. The first-order valence-corrected chi connectivity index (χ1v) is 14.8. The van der Waals surface area contributed by atoms with Crippen LogP contribution in [0.15, 0.2) is 83.8 Å². The highest BCUT2D eigenvalue weighted by atomic mass is 32.2. The molecule has 0 spiro atoms. The molecule has 208 valence electrons. The first-order valence-electron chi connectivity index (χ1n) is 13.3. The fourth-order valence-corrected chi connectivity index (χ4v) is 5.77. The molecule has 1 N–H and O–H groups in total. The van der Waals surface area contributed by atoms with E-state index in [1.165, 1.54) is 4.90 Å². The molecule has 7 nitrogen and oxygen atoms in total. The van der Waals surface area contributed by atoms with E-state index in [2.05, 4.69) is 5.32 Å². The van der Waals surface area contributed by atoms with Crippen molar-refractivity contribution in [3.8, 4) is 0 Å². The molecule has 0 saturated carbocycles. The molecule has 0 saturated heterocycles. The number of rotatable bonds is 12. The van der Waals surface area contributed by atoms with Gasteiger partial charge in [-0.2, -0.15) is 0 Å². The third kappa shape index (κ3) is 7.93. The quantitative estimate of drug-likeness (QED) is 0.349. The lowest BCUT2D eigenvalue weighted by molar-refractivity contribution is -0.139. The largest absolute Gasteiger partial charge is 0.352 e. The zero-order valence-electron chi connectivity index (χ0n) is 23.4. The van der Waals surface area contributed by atoms with Crippen LogP contribution in [0.3, 0.4) is 0 Å². The third-order valence-electron chi connectivity index (χ3n) is 6.51. The van der Waals surface area contributed by atoms with Gasteiger partial charge >= 0.3 is 0 Å². The fourth-order valence-electron chi connectivity index (χ4n) is 4.35. The molecule has 0 aliphatic heterocycles. The number of carbonyl (C=O) groups is 2. The lowest BCUT2D eigenvalue weighted by atomic mass is 10.1. The summed E-state index contributed by atoms with van der Waals surface area (Å²) in [5, 5.41) is 2.92. The highest BCUT2D eigenvalue weighted by Crippen LogP contribution is 2.25. The molecule has 0 unspecified atom stereocenters. The summed E-state index contributed by atoms with van der Waals surface area (Å²) in [5.74, 6) is -0.690. The van der Waals surface area contributed by atoms with Crippen molar-refractivity contribution in [1.82, 2.24) is 10.2 Å². The smallest absolute Gasteiger partial charge is 0.264 e. The van der Waals surface area contributed by atoms with Crippen LogP contribution in [0.25, 0.3) is 0 Å². The molecule has 2 amide bonds. The molecule has 0 radical (unpaired) electrons. The normalized spacial score (nSPS) is 12.2. The van der Waals surface area contributed by atoms with Crippen LogP contribution in [0.4, 0.5) is 5.69 Å². The van der Waals surface area contributed by atoms with Gasteiger partial charge < -0.3 is 10.2 Å². The van der Waals surface area contributed by atoms with Crippen LogP contribution in [0, 0.1) is 13.8 Å². The van der Waals surface area contributed by atoms with Gasteiger partial charge in [0.05, 0.1) is 10.6 Å². The molecule has 1 atom stereocenters. The average molecular weight is 550 g/mol. The molecule has 0 aliphatic rings. The Morgan fingerprint density at radius 2 is 1.41 bits per heavy atom. The number of hydrogen-bond acceptors (Lipinski definition) is 4. The Hall–Kier alpha value is -3.65. The SMILES string of the molecule is CC[C@@H](C(=O)NC(C)C)N(CCc1ccccc1)C(=O)CN(c1ccc(C)cc1)S(=O)(=O)c1ccc(C)cc1. The van der Waals surface area contributed by atoms with Gasteiger partial charge in [0.15, 0.2) is 0 Å². The van der Waals surface area contributed by atoms with E-state index in [0.29, 0.717) is 18.5 Å². The second kappa shape index (κ2) is 13.4. The molecule has 8 heteroatoms. The number of anilines is 1. The Morgan fingerprint density at radius 3 is 1.95 bits per heavy atom. The highest BCUT2D eigenvalue weighted by molar-refractivity contribution is 7.92. The van der Waals surface area contributed by atoms with Crippen molar-refractivity contribution in [2.75, 3.05) is 17.4 Å². The fraction of sp³-hybridized carbons (Fsp3) is 0.355. The molecule has 0 bridgehead atoms. The molecular formula is C31H39N3O4S. The van der Waals surface area contributed by atoms with Crippen molar-refractivity contribution in [3.63, 3.8) is 0 Å². The van der Waals surface area contributed by atoms with Gasteiger partial charge in [-0.3, -0.25) is 13.9 Å². The number of nitrogens with one attached hydrogen (secondary N) is 1. The maximum atomic E-state index is 14.0. The van der Waals surface area contributed by atoms with E-state index in [-0.39, 0.29) is 23.4 Å². The number of nitrogens with zero attached hydrogens (tertiary/aromatic N) is 2. The number of aryl methyl sites for hydroxylation is 2. The number of benzene rings is 3.